The van der Waals surface area contributed by atoms with E-state index in [1.807, 2.05) is 6.92 Å². The molecule has 0 bridgehead atoms. The van der Waals surface area contributed by atoms with Crippen LogP contribution in [0.3, 0.4) is 0 Å². The van der Waals surface area contributed by atoms with Crippen molar-refractivity contribution in [2.24, 2.45) is 0 Å². The van der Waals surface area contributed by atoms with Gasteiger partial charge < -0.3 is 14.6 Å². The molecule has 3 heterocycles. The Balaban J connectivity index is 1.36. The maximum absolute atomic E-state index is 13.6. The van der Waals surface area contributed by atoms with Crippen molar-refractivity contribution in [2.45, 2.75) is 52.0 Å². The molecule has 0 saturated heterocycles. The van der Waals surface area contributed by atoms with Crippen LogP contribution in [0.15, 0.2) is 70.3 Å². The monoisotopic (exact) mass is 551 g/mol. The van der Waals surface area contributed by atoms with Gasteiger partial charge in [0.15, 0.2) is 12.2 Å². The SMILES string of the molecule is CCCn1c(NC(C)c2ccc(C(F)(F)F)cc2)nc2c(c1=O)CN(C(=O)c1ccc(-c3cnco3)cc1)CC2. The van der Waals surface area contributed by atoms with Crippen LogP contribution < -0.4 is 10.9 Å². The van der Waals surface area contributed by atoms with Crippen LogP contribution >= 0.6 is 0 Å². The van der Waals surface area contributed by atoms with Gasteiger partial charge >= 0.3 is 6.18 Å². The summed E-state index contributed by atoms with van der Waals surface area (Å²) in [5.41, 5.74) is 2.07. The van der Waals surface area contributed by atoms with Gasteiger partial charge in [-0.1, -0.05) is 31.2 Å². The van der Waals surface area contributed by atoms with Crippen LogP contribution in [-0.4, -0.2) is 31.9 Å². The molecule has 0 spiro atoms. The molecule has 8 nitrogen and oxygen atoms in total. The van der Waals surface area contributed by atoms with E-state index in [4.69, 9.17) is 9.40 Å². The van der Waals surface area contributed by atoms with E-state index >= 15 is 0 Å². The number of fused-ring (bicyclic) bond motifs is 1. The average Bonchev–Trinajstić information content (AvgIpc) is 3.49. The second-order valence-electron chi connectivity index (χ2n) is 9.72. The largest absolute Gasteiger partial charge is 0.444 e. The van der Waals surface area contributed by atoms with Gasteiger partial charge in [0.2, 0.25) is 5.95 Å². The average molecular weight is 552 g/mol. The number of carbonyl (C=O) groups excluding carboxylic acids is 1. The number of hydrogen-bond donors (Lipinski definition) is 1. The van der Waals surface area contributed by atoms with Crippen molar-refractivity contribution in [1.82, 2.24) is 19.4 Å². The lowest BCUT2D eigenvalue weighted by atomic mass is 10.0. The molecule has 1 aliphatic heterocycles. The first-order valence-electron chi connectivity index (χ1n) is 13.0. The molecule has 1 N–H and O–H groups in total. The lowest BCUT2D eigenvalue weighted by Crippen LogP contribution is -2.41. The normalized spacial score (nSPS) is 14.1. The lowest BCUT2D eigenvalue weighted by Gasteiger charge is -2.29. The molecule has 1 amide bonds. The third-order valence-corrected chi connectivity index (χ3v) is 6.98. The standard InChI is InChI=1S/C29H28F3N5O3/c1-3-13-37-27(39)23-16-36(26(38)21-6-4-20(5-7-21)25-15-33-17-40-25)14-12-24(23)35-28(37)34-18(2)19-8-10-22(11-9-19)29(30,31)32/h4-11,15,17-18H,3,12-14,16H2,1-2H3,(H,34,35). The first-order chi connectivity index (χ1) is 19.2. The molecular formula is C29H28F3N5O3. The Hall–Kier alpha value is -4.41. The van der Waals surface area contributed by atoms with E-state index < -0.39 is 17.8 Å². The summed E-state index contributed by atoms with van der Waals surface area (Å²) in [5.74, 6) is 0.778. The van der Waals surface area contributed by atoms with Crippen LogP contribution in [0, 0.1) is 0 Å². The number of hydrogen-bond acceptors (Lipinski definition) is 6. The number of aromatic nitrogens is 3. The van der Waals surface area contributed by atoms with Crippen LogP contribution in [0.25, 0.3) is 11.3 Å². The fourth-order valence-electron chi connectivity index (χ4n) is 4.78. The van der Waals surface area contributed by atoms with Gasteiger partial charge in [-0.25, -0.2) is 9.97 Å². The first kappa shape index (κ1) is 27.2. The Kier molecular flexibility index (Phi) is 7.46. The highest BCUT2D eigenvalue weighted by Crippen LogP contribution is 2.30. The summed E-state index contributed by atoms with van der Waals surface area (Å²) >= 11 is 0. The molecule has 2 aromatic carbocycles. The number of rotatable bonds is 7. The Morgan fingerprint density at radius 1 is 1.12 bits per heavy atom. The Morgan fingerprint density at radius 3 is 2.48 bits per heavy atom. The molecule has 0 aliphatic carbocycles. The number of nitrogens with zero attached hydrogens (tertiary/aromatic N) is 4. The number of alkyl halides is 3. The molecule has 0 radical (unpaired) electrons. The second kappa shape index (κ2) is 11.0. The minimum absolute atomic E-state index is 0.141. The number of carbonyl (C=O) groups is 1. The number of anilines is 1. The van der Waals surface area contributed by atoms with Gasteiger partial charge in [-0.05, 0) is 43.2 Å². The number of nitrogens with one attached hydrogen (secondary N) is 1. The summed E-state index contributed by atoms with van der Waals surface area (Å²) in [7, 11) is 0. The van der Waals surface area contributed by atoms with Gasteiger partial charge in [0.25, 0.3) is 11.5 Å². The number of benzene rings is 2. The van der Waals surface area contributed by atoms with Crippen LogP contribution in [0.4, 0.5) is 19.1 Å². The zero-order valence-electron chi connectivity index (χ0n) is 22.0. The van der Waals surface area contributed by atoms with Crippen LogP contribution in [-0.2, 0) is 25.7 Å². The van der Waals surface area contributed by atoms with Gasteiger partial charge in [-0.2, -0.15) is 13.2 Å². The molecule has 40 heavy (non-hydrogen) atoms. The highest BCUT2D eigenvalue weighted by atomic mass is 19.4. The summed E-state index contributed by atoms with van der Waals surface area (Å²) in [4.78, 5) is 37.1. The van der Waals surface area contributed by atoms with Crippen molar-refractivity contribution < 1.29 is 22.4 Å². The van der Waals surface area contributed by atoms with E-state index in [0.29, 0.717) is 60.0 Å². The van der Waals surface area contributed by atoms with E-state index in [2.05, 4.69) is 10.3 Å². The van der Waals surface area contributed by atoms with E-state index in [-0.39, 0.29) is 18.0 Å². The summed E-state index contributed by atoms with van der Waals surface area (Å²) < 4.78 is 45.7. The highest BCUT2D eigenvalue weighted by Gasteiger charge is 2.30. The van der Waals surface area contributed by atoms with Gasteiger partial charge in [0.05, 0.1) is 35.6 Å². The van der Waals surface area contributed by atoms with Gasteiger partial charge in [0.1, 0.15) is 0 Å². The zero-order chi connectivity index (χ0) is 28.4. The van der Waals surface area contributed by atoms with Crippen molar-refractivity contribution in [3.05, 3.63) is 99.4 Å². The smallest absolute Gasteiger partial charge is 0.416 e. The number of halogens is 3. The van der Waals surface area contributed by atoms with Crippen LogP contribution in [0.5, 0.6) is 0 Å². The van der Waals surface area contributed by atoms with Crippen molar-refractivity contribution >= 4 is 11.9 Å². The van der Waals surface area contributed by atoms with Crippen molar-refractivity contribution in [3.63, 3.8) is 0 Å². The summed E-state index contributed by atoms with van der Waals surface area (Å²) in [6.45, 7) is 4.68. The predicted molar refractivity (Wildman–Crippen MR) is 143 cm³/mol. The van der Waals surface area contributed by atoms with E-state index in [9.17, 15) is 22.8 Å². The van der Waals surface area contributed by atoms with Gasteiger partial charge in [0, 0.05) is 30.6 Å². The molecule has 208 valence electrons. The quantitative estimate of drug-likeness (QED) is 0.317. The van der Waals surface area contributed by atoms with Gasteiger partial charge in [-0.3, -0.25) is 14.2 Å². The van der Waals surface area contributed by atoms with E-state index in [0.717, 1.165) is 17.7 Å². The zero-order valence-corrected chi connectivity index (χ0v) is 22.0. The lowest BCUT2D eigenvalue weighted by molar-refractivity contribution is -0.137. The Morgan fingerprint density at radius 2 is 1.85 bits per heavy atom. The fourth-order valence-corrected chi connectivity index (χ4v) is 4.78. The molecular weight excluding hydrogens is 523 g/mol. The molecule has 1 aliphatic rings. The molecule has 0 saturated carbocycles. The van der Waals surface area contributed by atoms with Crippen LogP contribution in [0.2, 0.25) is 0 Å². The van der Waals surface area contributed by atoms with Crippen LogP contribution in [0.1, 0.15) is 59.1 Å². The Bertz CT molecular complexity index is 1550. The molecule has 1 unspecified atom stereocenters. The highest BCUT2D eigenvalue weighted by molar-refractivity contribution is 5.94. The molecule has 1 atom stereocenters. The number of amides is 1. The first-order valence-corrected chi connectivity index (χ1v) is 13.0. The minimum atomic E-state index is -4.41. The third kappa shape index (κ3) is 5.49. The second-order valence-corrected chi connectivity index (χ2v) is 9.72. The summed E-state index contributed by atoms with van der Waals surface area (Å²) in [6, 6.07) is 11.6. The summed E-state index contributed by atoms with van der Waals surface area (Å²) in [6.07, 6.45) is -0.394. The fraction of sp³-hybridized carbons (Fsp3) is 0.310. The third-order valence-electron chi connectivity index (χ3n) is 6.98. The minimum Gasteiger partial charge on any atom is -0.444 e. The molecule has 4 aromatic rings. The van der Waals surface area contributed by atoms with Crippen molar-refractivity contribution in [1.29, 1.82) is 0 Å². The number of oxazole rings is 1. The molecule has 2 aromatic heterocycles. The predicted octanol–water partition coefficient (Wildman–Crippen LogP) is 5.70. The Labute approximate surface area is 228 Å². The van der Waals surface area contributed by atoms with Crippen molar-refractivity contribution in [2.75, 3.05) is 11.9 Å². The maximum Gasteiger partial charge on any atom is 0.416 e. The van der Waals surface area contributed by atoms with E-state index in [1.165, 1.54) is 18.5 Å². The molecule has 5 rings (SSSR count). The topological polar surface area (TPSA) is 93.3 Å². The summed E-state index contributed by atoms with van der Waals surface area (Å²) in [5, 5.41) is 3.22. The molecule has 0 fully saturated rings. The van der Waals surface area contributed by atoms with Gasteiger partial charge in [-0.15, -0.1) is 0 Å². The van der Waals surface area contributed by atoms with E-state index in [1.54, 1.807) is 46.9 Å². The molecule has 11 heteroatoms. The van der Waals surface area contributed by atoms with Crippen molar-refractivity contribution in [3.8, 4) is 11.3 Å². The maximum atomic E-state index is 13.6.